The van der Waals surface area contributed by atoms with Gasteiger partial charge in [0.25, 0.3) is 11.4 Å². The van der Waals surface area contributed by atoms with Crippen LogP contribution in [0.5, 0.6) is 17.2 Å². The first-order chi connectivity index (χ1) is 33.4. The zero-order valence-electron chi connectivity index (χ0n) is 39.1. The highest BCUT2D eigenvalue weighted by atomic mass is 16.6. The number of nitrogens with zero attached hydrogens (tertiary/aromatic N) is 2. The van der Waals surface area contributed by atoms with Crippen molar-refractivity contribution in [1.29, 1.82) is 0 Å². The molecule has 0 aromatic heterocycles. The second-order valence-electron chi connectivity index (χ2n) is 16.6. The molecule has 12 nitrogen and oxygen atoms in total. The van der Waals surface area contributed by atoms with E-state index in [0.29, 0.717) is 33.9 Å². The number of rotatable bonds is 20. The van der Waals surface area contributed by atoms with Crippen LogP contribution in [0.4, 0.5) is 11.4 Å². The van der Waals surface area contributed by atoms with Crippen molar-refractivity contribution in [3.63, 3.8) is 0 Å². The topological polar surface area (TPSA) is 164 Å². The van der Waals surface area contributed by atoms with Crippen LogP contribution in [0.15, 0.2) is 152 Å². The van der Waals surface area contributed by atoms with Gasteiger partial charge in [-0.25, -0.2) is 0 Å². The number of nitro benzene ring substituents is 2. The van der Waals surface area contributed by atoms with Gasteiger partial charge in [-0.05, 0) is 111 Å². The lowest BCUT2D eigenvalue weighted by Gasteiger charge is -2.37. The van der Waals surface area contributed by atoms with Crippen molar-refractivity contribution >= 4 is 35.7 Å². The number of aliphatic hydroxyl groups is 2. The Morgan fingerprint density at radius 1 is 0.551 bits per heavy atom. The Hall–Kier alpha value is -7.90. The Kier molecular flexibility index (Phi) is 15.8. The maximum Gasteiger partial charge on any atom is 0.272 e. The second-order valence-corrected chi connectivity index (χ2v) is 16.6. The van der Waals surface area contributed by atoms with E-state index in [9.17, 15) is 30.4 Å². The molecule has 0 amide bonds. The summed E-state index contributed by atoms with van der Waals surface area (Å²) in [5.74, 6) is 1.15. The van der Waals surface area contributed by atoms with E-state index in [1.807, 2.05) is 153 Å². The Balaban J connectivity index is 1.15. The Morgan fingerprint density at radius 2 is 1.04 bits per heavy atom. The van der Waals surface area contributed by atoms with E-state index >= 15 is 0 Å². The van der Waals surface area contributed by atoms with Gasteiger partial charge in [0.05, 0.1) is 44.4 Å². The fraction of sp³-hybridized carbons (Fsp3) is 0.193. The summed E-state index contributed by atoms with van der Waals surface area (Å²) in [5, 5.41) is 44.3. The first-order valence-electron chi connectivity index (χ1n) is 22.4. The third-order valence-corrected chi connectivity index (χ3v) is 12.3. The van der Waals surface area contributed by atoms with Gasteiger partial charge in [-0.3, -0.25) is 20.2 Å². The minimum Gasteiger partial charge on any atom is -0.497 e. The molecule has 0 aliphatic carbocycles. The molecule has 0 bridgehead atoms. The maximum atomic E-state index is 12.5. The molecule has 2 unspecified atom stereocenters. The van der Waals surface area contributed by atoms with Crippen molar-refractivity contribution in [2.24, 2.45) is 0 Å². The summed E-state index contributed by atoms with van der Waals surface area (Å²) in [6, 6.07) is 46.7. The molecule has 0 fully saturated rings. The average molecular weight is 927 g/mol. The number of hydrogen-bond acceptors (Lipinski definition) is 10. The lowest BCUT2D eigenvalue weighted by molar-refractivity contribution is -0.385. The zero-order chi connectivity index (χ0) is 49.1. The smallest absolute Gasteiger partial charge is 0.272 e. The standard InChI is InChI=1S/C57H54N2O10/c1-38(35-60)52-31-41(13-29-54(52)58(62)63)12-16-43-18-20-45(34-56(43)68-5)44-19-17-42(46(33-44)36-61)15-11-40-14-30-55(59(64)65)53(32-40)39(2)37-69-57(47-9-7-6-8-10-47,48-21-25-50(66-3)26-22-48)49-23-27-51(67-4)28-24-49/h6-34,38-39,60-61H,35-37H2,1-5H3/b15-11+,16-12+. The fourth-order valence-corrected chi connectivity index (χ4v) is 8.47. The normalized spacial score (nSPS) is 12.5. The van der Waals surface area contributed by atoms with Crippen molar-refractivity contribution in [1.82, 2.24) is 0 Å². The molecule has 0 aliphatic rings. The van der Waals surface area contributed by atoms with Crippen LogP contribution in [0, 0.1) is 20.2 Å². The van der Waals surface area contributed by atoms with E-state index in [-0.39, 0.29) is 36.1 Å². The molecule has 0 saturated carbocycles. The van der Waals surface area contributed by atoms with Crippen LogP contribution in [0.3, 0.4) is 0 Å². The molecule has 69 heavy (non-hydrogen) atoms. The third kappa shape index (κ3) is 11.0. The number of nitro groups is 2. The molecule has 0 radical (unpaired) electrons. The first kappa shape index (κ1) is 49.0. The van der Waals surface area contributed by atoms with Crippen LogP contribution in [-0.2, 0) is 16.9 Å². The van der Waals surface area contributed by atoms with Gasteiger partial charge in [0, 0.05) is 47.3 Å². The number of benzene rings is 7. The van der Waals surface area contributed by atoms with Gasteiger partial charge in [-0.1, -0.05) is 117 Å². The molecule has 7 aromatic rings. The lowest BCUT2D eigenvalue weighted by Crippen LogP contribution is -2.34. The van der Waals surface area contributed by atoms with Crippen LogP contribution >= 0.6 is 0 Å². The van der Waals surface area contributed by atoms with E-state index < -0.39 is 22.4 Å². The zero-order valence-corrected chi connectivity index (χ0v) is 39.1. The molecule has 2 N–H and O–H groups in total. The van der Waals surface area contributed by atoms with E-state index in [1.165, 1.54) is 12.1 Å². The molecule has 0 heterocycles. The average Bonchev–Trinajstić information content (AvgIpc) is 3.39. The molecule has 0 aliphatic heterocycles. The number of hydrogen-bond donors (Lipinski definition) is 2. The fourth-order valence-electron chi connectivity index (χ4n) is 8.47. The molecule has 352 valence electrons. The van der Waals surface area contributed by atoms with Gasteiger partial charge >= 0.3 is 0 Å². The highest BCUT2D eigenvalue weighted by molar-refractivity contribution is 5.78. The molecular weight excluding hydrogens is 873 g/mol. The van der Waals surface area contributed by atoms with Crippen molar-refractivity contribution in [2.75, 3.05) is 34.5 Å². The van der Waals surface area contributed by atoms with Crippen molar-refractivity contribution in [2.45, 2.75) is 37.9 Å². The summed E-state index contributed by atoms with van der Waals surface area (Å²) in [6.45, 7) is 3.32. The monoisotopic (exact) mass is 926 g/mol. The SMILES string of the molecule is COc1ccc(C(OCC(C)c2cc(/C=C/c3ccc(-c4ccc(/C=C/c5ccc([N+](=O)[O-])c(C(C)CO)c5)c(OC)c4)cc3CO)ccc2[N+](=O)[O-])(c2ccccc2)c2ccc(OC)cc2)cc1. The number of aliphatic hydroxyl groups excluding tert-OH is 2. The molecule has 7 rings (SSSR count). The van der Waals surface area contributed by atoms with Crippen LogP contribution in [0.2, 0.25) is 0 Å². The second kappa shape index (κ2) is 22.3. The predicted molar refractivity (Wildman–Crippen MR) is 271 cm³/mol. The molecule has 2 atom stereocenters. The molecular formula is C57H54N2O10. The van der Waals surface area contributed by atoms with Crippen molar-refractivity contribution in [3.8, 4) is 28.4 Å². The Bertz CT molecular complexity index is 2920. The van der Waals surface area contributed by atoms with E-state index in [0.717, 1.165) is 50.1 Å². The van der Waals surface area contributed by atoms with Crippen LogP contribution in [-0.4, -0.2) is 54.6 Å². The summed E-state index contributed by atoms with van der Waals surface area (Å²) in [5.41, 5.74) is 7.77. The number of ether oxygens (including phenoxy) is 4. The Labute approximate surface area is 401 Å². The summed E-state index contributed by atoms with van der Waals surface area (Å²) < 4.78 is 23.9. The van der Waals surface area contributed by atoms with Gasteiger partial charge < -0.3 is 29.2 Å². The van der Waals surface area contributed by atoms with Crippen LogP contribution in [0.1, 0.15) is 81.3 Å². The van der Waals surface area contributed by atoms with E-state index in [1.54, 1.807) is 46.5 Å². The van der Waals surface area contributed by atoms with E-state index in [4.69, 9.17) is 18.9 Å². The molecule has 0 saturated heterocycles. The van der Waals surface area contributed by atoms with Gasteiger partial charge in [0.15, 0.2) is 0 Å². The highest BCUT2D eigenvalue weighted by Gasteiger charge is 2.39. The summed E-state index contributed by atoms with van der Waals surface area (Å²) in [4.78, 5) is 23.3. The summed E-state index contributed by atoms with van der Waals surface area (Å²) in [7, 11) is 4.81. The van der Waals surface area contributed by atoms with Crippen molar-refractivity contribution < 1.29 is 39.0 Å². The maximum absolute atomic E-state index is 12.5. The van der Waals surface area contributed by atoms with Crippen LogP contribution in [0.25, 0.3) is 35.4 Å². The summed E-state index contributed by atoms with van der Waals surface area (Å²) in [6.07, 6.45) is 7.46. The van der Waals surface area contributed by atoms with Crippen LogP contribution < -0.4 is 14.2 Å². The quantitative estimate of drug-likeness (QED) is 0.0325. The number of methoxy groups -OCH3 is 3. The molecule has 7 aromatic carbocycles. The first-order valence-corrected chi connectivity index (χ1v) is 22.4. The largest absolute Gasteiger partial charge is 0.497 e. The van der Waals surface area contributed by atoms with Gasteiger partial charge in [0.2, 0.25) is 0 Å². The molecule has 0 spiro atoms. The Morgan fingerprint density at radius 3 is 1.54 bits per heavy atom. The van der Waals surface area contributed by atoms with Gasteiger partial charge in [-0.15, -0.1) is 0 Å². The van der Waals surface area contributed by atoms with Gasteiger partial charge in [-0.2, -0.15) is 0 Å². The lowest BCUT2D eigenvalue weighted by atomic mass is 9.79. The minimum absolute atomic E-state index is 0.0204. The van der Waals surface area contributed by atoms with Crippen molar-refractivity contribution in [3.05, 3.63) is 228 Å². The summed E-state index contributed by atoms with van der Waals surface area (Å²) >= 11 is 0. The minimum atomic E-state index is -1.11. The van der Waals surface area contributed by atoms with E-state index in [2.05, 4.69) is 0 Å². The molecule has 12 heteroatoms. The van der Waals surface area contributed by atoms with Gasteiger partial charge in [0.1, 0.15) is 22.8 Å². The highest BCUT2D eigenvalue weighted by Crippen LogP contribution is 2.43. The third-order valence-electron chi connectivity index (χ3n) is 12.3. The predicted octanol–water partition coefficient (Wildman–Crippen LogP) is 12.2.